The number of anilines is 1. The van der Waals surface area contributed by atoms with Crippen molar-refractivity contribution >= 4 is 35.4 Å². The third-order valence-electron chi connectivity index (χ3n) is 10.6. The van der Waals surface area contributed by atoms with Gasteiger partial charge in [0.1, 0.15) is 11.6 Å². The van der Waals surface area contributed by atoms with Gasteiger partial charge in [-0.15, -0.1) is 0 Å². The zero-order chi connectivity index (χ0) is 32.6. The monoisotopic (exact) mass is 635 g/mol. The lowest BCUT2D eigenvalue weighted by molar-refractivity contribution is -0.136. The number of carbonyl (C=O) groups excluding carboxylic acids is 5. The minimum absolute atomic E-state index is 0.110. The van der Waals surface area contributed by atoms with E-state index in [2.05, 4.69) is 15.1 Å². The number of carbonyl (C=O) groups is 5. The number of rotatable bonds is 6. The molecule has 250 valence electrons. The number of amides is 5. The molecule has 1 aromatic rings. The van der Waals surface area contributed by atoms with Gasteiger partial charge in [0, 0.05) is 39.1 Å². The van der Waals surface area contributed by atoms with Crippen LogP contribution in [0, 0.1) is 17.8 Å². The van der Waals surface area contributed by atoms with Crippen molar-refractivity contribution in [3.05, 3.63) is 29.3 Å². The third kappa shape index (κ3) is 7.09. The number of nitrogens with one attached hydrogen (secondary N) is 1. The lowest BCUT2D eigenvalue weighted by Gasteiger charge is -2.40. The van der Waals surface area contributed by atoms with Crippen molar-refractivity contribution in [3.63, 3.8) is 0 Å². The lowest BCUT2D eigenvalue weighted by atomic mass is 9.82. The van der Waals surface area contributed by atoms with E-state index in [9.17, 15) is 24.0 Å². The number of benzene rings is 1. The van der Waals surface area contributed by atoms with Crippen molar-refractivity contribution in [2.75, 3.05) is 50.7 Å². The van der Waals surface area contributed by atoms with Crippen molar-refractivity contribution in [1.29, 1.82) is 0 Å². The summed E-state index contributed by atoms with van der Waals surface area (Å²) < 4.78 is 5.55. The second-order valence-corrected chi connectivity index (χ2v) is 15.0. The summed E-state index contributed by atoms with van der Waals surface area (Å²) >= 11 is 0. The Kier molecular flexibility index (Phi) is 9.41. The van der Waals surface area contributed by atoms with Crippen LogP contribution in [0.3, 0.4) is 0 Å². The zero-order valence-electron chi connectivity index (χ0n) is 27.6. The normalized spacial score (nSPS) is 24.4. The van der Waals surface area contributed by atoms with Crippen LogP contribution >= 0.6 is 0 Å². The molecule has 0 radical (unpaired) electrons. The Morgan fingerprint density at radius 3 is 2.09 bits per heavy atom. The van der Waals surface area contributed by atoms with Crippen LogP contribution in [0.5, 0.6) is 0 Å². The minimum Gasteiger partial charge on any atom is -0.444 e. The van der Waals surface area contributed by atoms with Gasteiger partial charge in [-0.25, -0.2) is 4.79 Å². The number of hydrogen-bond acceptors (Lipinski definition) is 8. The van der Waals surface area contributed by atoms with Crippen molar-refractivity contribution in [2.24, 2.45) is 17.8 Å². The first-order valence-corrected chi connectivity index (χ1v) is 17.3. The number of nitrogens with zero attached hydrogens (tertiary/aromatic N) is 4. The molecule has 1 unspecified atom stereocenters. The molecule has 0 aromatic heterocycles. The molecule has 0 spiro atoms. The zero-order valence-corrected chi connectivity index (χ0v) is 27.6. The first-order chi connectivity index (χ1) is 22.0. The van der Waals surface area contributed by atoms with E-state index in [1.165, 1.54) is 19.3 Å². The molecule has 0 aliphatic carbocycles. The topological polar surface area (TPSA) is 120 Å². The summed E-state index contributed by atoms with van der Waals surface area (Å²) in [5, 5.41) is 2.27. The summed E-state index contributed by atoms with van der Waals surface area (Å²) in [6.45, 7) is 12.4. The number of piperidine rings is 4. The Morgan fingerprint density at radius 1 is 0.826 bits per heavy atom. The molecule has 11 heteroatoms. The van der Waals surface area contributed by atoms with Gasteiger partial charge in [-0.3, -0.25) is 29.4 Å². The van der Waals surface area contributed by atoms with Crippen LogP contribution in [0.1, 0.15) is 99.3 Å². The second-order valence-electron chi connectivity index (χ2n) is 15.0. The van der Waals surface area contributed by atoms with Gasteiger partial charge < -0.3 is 19.4 Å². The molecule has 4 fully saturated rings. The lowest BCUT2D eigenvalue weighted by Crippen LogP contribution is -2.54. The fourth-order valence-corrected chi connectivity index (χ4v) is 8.04. The van der Waals surface area contributed by atoms with E-state index in [4.69, 9.17) is 4.74 Å². The summed E-state index contributed by atoms with van der Waals surface area (Å²) in [6, 6.07) is 4.43. The van der Waals surface area contributed by atoms with Gasteiger partial charge in [0.05, 0.1) is 16.8 Å². The molecule has 5 aliphatic heterocycles. The predicted molar refractivity (Wildman–Crippen MR) is 172 cm³/mol. The van der Waals surface area contributed by atoms with Crippen LogP contribution in [0.4, 0.5) is 10.5 Å². The second kappa shape index (κ2) is 13.3. The van der Waals surface area contributed by atoms with E-state index >= 15 is 0 Å². The summed E-state index contributed by atoms with van der Waals surface area (Å²) in [4.78, 5) is 71.1. The fourth-order valence-electron chi connectivity index (χ4n) is 8.04. The van der Waals surface area contributed by atoms with Crippen LogP contribution < -0.4 is 10.2 Å². The molecular formula is C35H49N5O6. The molecule has 1 N–H and O–H groups in total. The van der Waals surface area contributed by atoms with Gasteiger partial charge in [-0.1, -0.05) is 6.07 Å². The largest absolute Gasteiger partial charge is 0.444 e. The first kappa shape index (κ1) is 32.5. The molecule has 1 aromatic carbocycles. The molecule has 11 nitrogen and oxygen atoms in total. The summed E-state index contributed by atoms with van der Waals surface area (Å²) in [5.74, 6) is 0.190. The van der Waals surface area contributed by atoms with Gasteiger partial charge in [0.2, 0.25) is 11.8 Å². The highest BCUT2D eigenvalue weighted by molar-refractivity contribution is 6.25. The van der Waals surface area contributed by atoms with Crippen LogP contribution in [0.15, 0.2) is 18.2 Å². The third-order valence-corrected chi connectivity index (χ3v) is 10.6. The van der Waals surface area contributed by atoms with Crippen molar-refractivity contribution in [1.82, 2.24) is 20.0 Å². The molecule has 46 heavy (non-hydrogen) atoms. The van der Waals surface area contributed by atoms with Crippen LogP contribution in [0.25, 0.3) is 0 Å². The average Bonchev–Trinajstić information content (AvgIpc) is 3.27. The van der Waals surface area contributed by atoms with Crippen molar-refractivity contribution in [2.45, 2.75) is 90.2 Å². The number of ether oxygens (including phenoxy) is 1. The molecule has 5 amide bonds. The number of imide groups is 2. The SMILES string of the molecule is CC(C)(C)OC(=O)N1CCC(CC2CCN(CC3CCN(c4cccc5c4C(=O)N(C4CCC(=O)NC4=O)C5=O)CC3)CC2)CC1. The maximum Gasteiger partial charge on any atom is 0.410 e. The quantitative estimate of drug-likeness (QED) is 0.465. The van der Waals surface area contributed by atoms with Crippen LogP contribution in [-0.4, -0.2) is 102 Å². The molecule has 1 atom stereocenters. The summed E-state index contributed by atoms with van der Waals surface area (Å²) in [5.41, 5.74) is 1.03. The molecular weight excluding hydrogens is 586 g/mol. The maximum absolute atomic E-state index is 13.5. The van der Waals surface area contributed by atoms with Gasteiger partial charge in [-0.2, -0.15) is 0 Å². The standard InChI is InChI=1S/C35H49N5O6/c1-35(2,3)46-34(45)39-19-11-24(12-20-39)21-23-9-15-37(16-10-23)22-25-13-17-38(18-14-25)27-6-4-5-26-30(27)33(44)40(32(26)43)28-7-8-29(41)36-31(28)42/h4-6,23-25,28H,7-22H2,1-3H3,(H,36,41,42). The van der Waals surface area contributed by atoms with Gasteiger partial charge >= 0.3 is 6.09 Å². The Balaban J connectivity index is 0.947. The highest BCUT2D eigenvalue weighted by Crippen LogP contribution is 2.36. The first-order valence-electron chi connectivity index (χ1n) is 17.3. The molecule has 6 rings (SSSR count). The molecule has 0 saturated carbocycles. The van der Waals surface area contributed by atoms with E-state index < -0.39 is 29.4 Å². The number of fused-ring (bicyclic) bond motifs is 1. The van der Waals surface area contributed by atoms with E-state index in [0.29, 0.717) is 23.0 Å². The van der Waals surface area contributed by atoms with E-state index in [1.807, 2.05) is 37.8 Å². The van der Waals surface area contributed by atoms with Crippen LogP contribution in [-0.2, 0) is 14.3 Å². The Labute approximate surface area is 271 Å². The van der Waals surface area contributed by atoms with E-state index in [-0.39, 0.29) is 24.8 Å². The Hall–Kier alpha value is -3.47. The van der Waals surface area contributed by atoms with Gasteiger partial charge in [0.15, 0.2) is 0 Å². The number of hydrogen-bond donors (Lipinski definition) is 1. The van der Waals surface area contributed by atoms with Crippen LogP contribution in [0.2, 0.25) is 0 Å². The van der Waals surface area contributed by atoms with Crippen molar-refractivity contribution < 1.29 is 28.7 Å². The van der Waals surface area contributed by atoms with Gasteiger partial charge in [0.25, 0.3) is 11.8 Å². The highest BCUT2D eigenvalue weighted by atomic mass is 16.6. The highest BCUT2D eigenvalue weighted by Gasteiger charge is 2.46. The number of likely N-dealkylation sites (tertiary alicyclic amines) is 2. The Bertz CT molecular complexity index is 1350. The van der Waals surface area contributed by atoms with Gasteiger partial charge in [-0.05, 0) is 115 Å². The summed E-state index contributed by atoms with van der Waals surface area (Å²) in [6.07, 6.45) is 8.01. The predicted octanol–water partition coefficient (Wildman–Crippen LogP) is 4.05. The molecule has 4 saturated heterocycles. The Morgan fingerprint density at radius 2 is 1.46 bits per heavy atom. The smallest absolute Gasteiger partial charge is 0.410 e. The van der Waals surface area contributed by atoms with Crippen molar-refractivity contribution in [3.8, 4) is 0 Å². The molecule has 5 heterocycles. The average molecular weight is 636 g/mol. The van der Waals surface area contributed by atoms with E-state index in [0.717, 1.165) is 88.0 Å². The minimum atomic E-state index is -0.954. The summed E-state index contributed by atoms with van der Waals surface area (Å²) in [7, 11) is 0. The maximum atomic E-state index is 13.5. The van der Waals surface area contributed by atoms with E-state index in [1.54, 1.807) is 6.07 Å². The fraction of sp³-hybridized carbons (Fsp3) is 0.686. The molecule has 5 aliphatic rings. The molecule has 0 bridgehead atoms.